The van der Waals surface area contributed by atoms with Gasteiger partial charge in [-0.1, -0.05) is 0 Å². The molecule has 0 aliphatic carbocycles. The van der Waals surface area contributed by atoms with Gasteiger partial charge in [0.05, 0.1) is 0 Å². The summed E-state index contributed by atoms with van der Waals surface area (Å²) in [7, 11) is -5.96. The van der Waals surface area contributed by atoms with Gasteiger partial charge in [0.2, 0.25) is 17.4 Å². The second-order valence-electron chi connectivity index (χ2n) is 6.88. The Kier molecular flexibility index (Phi) is 4.75. The number of ether oxygens (including phenoxy) is 4. The monoisotopic (exact) mass is 469 g/mol. The summed E-state index contributed by atoms with van der Waals surface area (Å²) in [5.41, 5.74) is 0. The molecule has 1 aromatic rings. The normalized spacial score (nSPS) is 31.0. The van der Waals surface area contributed by atoms with E-state index in [-0.39, 0.29) is 0 Å². The quantitative estimate of drug-likeness (QED) is 0.193. The smallest absolute Gasteiger partial charge is 0.318 e. The molecule has 6 unspecified atom stereocenters. The second-order valence-corrected chi connectivity index (χ2v) is 8.20. The molecule has 10 nitrogen and oxygen atoms in total. The third-order valence-corrected chi connectivity index (χ3v) is 5.97. The van der Waals surface area contributed by atoms with Gasteiger partial charge in [0.15, 0.2) is 23.8 Å². The SMILES string of the molecule is CC(=O)OC1C2OC(=O)C3C2OC1C3C(=O)Oc1c(F)c(F)c(S(=O)(=O)[O-])c(F)c1F. The van der Waals surface area contributed by atoms with Crippen LogP contribution in [0.2, 0.25) is 0 Å². The third-order valence-electron chi connectivity index (χ3n) is 5.11. The first kappa shape index (κ1) is 21.5. The first-order valence-electron chi connectivity index (χ1n) is 8.41. The van der Waals surface area contributed by atoms with E-state index in [4.69, 9.17) is 14.2 Å². The number of hydrogen-bond acceptors (Lipinski definition) is 10. The van der Waals surface area contributed by atoms with Gasteiger partial charge in [-0.25, -0.2) is 17.2 Å². The Balaban J connectivity index is 1.69. The van der Waals surface area contributed by atoms with Crippen LogP contribution in [-0.4, -0.2) is 55.3 Å². The van der Waals surface area contributed by atoms with E-state index in [9.17, 15) is 44.9 Å². The first-order chi connectivity index (χ1) is 14.3. The van der Waals surface area contributed by atoms with Gasteiger partial charge < -0.3 is 23.5 Å². The van der Waals surface area contributed by atoms with Crippen molar-refractivity contribution in [2.24, 2.45) is 11.8 Å². The highest BCUT2D eigenvalue weighted by molar-refractivity contribution is 7.85. The molecule has 1 aromatic carbocycles. The van der Waals surface area contributed by atoms with Crippen molar-refractivity contribution in [1.29, 1.82) is 0 Å². The van der Waals surface area contributed by atoms with E-state index >= 15 is 0 Å². The van der Waals surface area contributed by atoms with Gasteiger partial charge in [0.1, 0.15) is 39.1 Å². The summed E-state index contributed by atoms with van der Waals surface area (Å²) < 4.78 is 108. The minimum atomic E-state index is -5.96. The summed E-state index contributed by atoms with van der Waals surface area (Å²) in [4.78, 5) is 33.5. The molecule has 3 aliphatic rings. The molecular weight excluding hydrogens is 460 g/mol. The number of hydrogen-bond donors (Lipinski definition) is 0. The van der Waals surface area contributed by atoms with Crippen LogP contribution in [-0.2, 0) is 38.7 Å². The van der Waals surface area contributed by atoms with Gasteiger partial charge in [-0.05, 0) is 0 Å². The molecule has 3 fully saturated rings. The Labute approximate surface area is 169 Å². The van der Waals surface area contributed by atoms with Crippen molar-refractivity contribution in [1.82, 2.24) is 0 Å². The van der Waals surface area contributed by atoms with Crippen LogP contribution in [0.5, 0.6) is 5.75 Å². The zero-order valence-corrected chi connectivity index (χ0v) is 15.8. The summed E-state index contributed by atoms with van der Waals surface area (Å²) in [6.07, 6.45) is -4.65. The van der Waals surface area contributed by atoms with Crippen LogP contribution in [0.4, 0.5) is 17.6 Å². The Bertz CT molecular complexity index is 1110. The van der Waals surface area contributed by atoms with Gasteiger partial charge in [-0.2, -0.15) is 8.78 Å². The predicted molar refractivity (Wildman–Crippen MR) is 80.9 cm³/mol. The van der Waals surface area contributed by atoms with Crippen molar-refractivity contribution in [2.75, 3.05) is 0 Å². The number of carbonyl (C=O) groups excluding carboxylic acids is 3. The summed E-state index contributed by atoms with van der Waals surface area (Å²) in [6, 6.07) is 0. The number of esters is 3. The number of fused-ring (bicyclic) bond motifs is 1. The lowest BCUT2D eigenvalue weighted by atomic mass is 9.78. The largest absolute Gasteiger partial charge is 0.744 e. The Morgan fingerprint density at radius 3 is 2.10 bits per heavy atom. The molecule has 2 bridgehead atoms. The molecule has 0 spiro atoms. The summed E-state index contributed by atoms with van der Waals surface area (Å²) in [6.45, 7) is 1.02. The first-order valence-corrected chi connectivity index (χ1v) is 9.82. The Morgan fingerprint density at radius 2 is 1.58 bits per heavy atom. The van der Waals surface area contributed by atoms with E-state index in [0.29, 0.717) is 0 Å². The molecule has 168 valence electrons. The van der Waals surface area contributed by atoms with Crippen molar-refractivity contribution in [3.63, 3.8) is 0 Å². The van der Waals surface area contributed by atoms with Crippen molar-refractivity contribution < 1.29 is 63.9 Å². The molecule has 3 saturated heterocycles. The molecule has 0 amide bonds. The number of carbonyl (C=O) groups is 3. The van der Waals surface area contributed by atoms with Gasteiger partial charge in [-0.3, -0.25) is 14.4 Å². The summed E-state index contributed by atoms with van der Waals surface area (Å²) >= 11 is 0. The molecule has 4 rings (SSSR count). The van der Waals surface area contributed by atoms with Crippen LogP contribution in [0.1, 0.15) is 6.92 Å². The molecule has 0 radical (unpaired) electrons. The van der Waals surface area contributed by atoms with E-state index in [2.05, 4.69) is 4.74 Å². The fraction of sp³-hybridized carbons (Fsp3) is 0.438. The summed E-state index contributed by atoms with van der Waals surface area (Å²) in [5.74, 6) is -18.4. The molecule has 3 heterocycles. The van der Waals surface area contributed by atoms with Gasteiger partial charge in [-0.15, -0.1) is 0 Å². The Hall–Kier alpha value is -2.78. The lowest BCUT2D eigenvalue weighted by molar-refractivity contribution is -0.160. The van der Waals surface area contributed by atoms with E-state index in [1.807, 2.05) is 0 Å². The fourth-order valence-corrected chi connectivity index (χ4v) is 4.62. The lowest BCUT2D eigenvalue weighted by Crippen LogP contribution is -2.48. The van der Waals surface area contributed by atoms with Crippen LogP contribution in [0.15, 0.2) is 4.90 Å². The van der Waals surface area contributed by atoms with Gasteiger partial charge in [0.25, 0.3) is 0 Å². The molecule has 0 saturated carbocycles. The van der Waals surface area contributed by atoms with Crippen LogP contribution in [0, 0.1) is 35.1 Å². The van der Waals surface area contributed by atoms with E-state index in [1.165, 1.54) is 0 Å². The molecule has 15 heteroatoms. The second kappa shape index (κ2) is 6.86. The highest BCUT2D eigenvalue weighted by atomic mass is 32.2. The third kappa shape index (κ3) is 3.06. The summed E-state index contributed by atoms with van der Waals surface area (Å²) in [5, 5.41) is 0. The van der Waals surface area contributed by atoms with Crippen LogP contribution >= 0.6 is 0 Å². The lowest BCUT2D eigenvalue weighted by Gasteiger charge is -2.26. The molecule has 31 heavy (non-hydrogen) atoms. The van der Waals surface area contributed by atoms with Crippen molar-refractivity contribution in [3.8, 4) is 5.75 Å². The minimum absolute atomic E-state index is 0.816. The average Bonchev–Trinajstić information content (AvgIpc) is 3.26. The molecule has 6 atom stereocenters. The van der Waals surface area contributed by atoms with Gasteiger partial charge >= 0.3 is 17.9 Å². The molecular formula is C16H9F4O10S-. The maximum absolute atomic E-state index is 14.1. The van der Waals surface area contributed by atoms with Crippen LogP contribution in [0.25, 0.3) is 0 Å². The van der Waals surface area contributed by atoms with E-state index < -0.39 is 98.2 Å². The highest BCUT2D eigenvalue weighted by Crippen LogP contribution is 2.51. The number of rotatable bonds is 4. The molecule has 0 N–H and O–H groups in total. The number of halogens is 4. The fourth-order valence-electron chi connectivity index (χ4n) is 4.00. The van der Waals surface area contributed by atoms with E-state index in [1.54, 1.807) is 0 Å². The standard InChI is InChI=1S/C16H10F4O10S/c1-2(21)27-12-9-3(4-10(28-9)13(12)30-16(4)23)15(22)29-11-5(17)7(19)14(31(24,25)26)8(20)6(11)18/h3-4,9-10,12-13H,1H3,(H,24,25,26)/p-1. The average molecular weight is 469 g/mol. The van der Waals surface area contributed by atoms with Crippen molar-refractivity contribution >= 4 is 28.0 Å². The van der Waals surface area contributed by atoms with Crippen molar-refractivity contribution in [3.05, 3.63) is 23.3 Å². The minimum Gasteiger partial charge on any atom is -0.744 e. The predicted octanol–water partition coefficient (Wildman–Crippen LogP) is -0.0770. The maximum Gasteiger partial charge on any atom is 0.318 e. The maximum atomic E-state index is 14.1. The van der Waals surface area contributed by atoms with Gasteiger partial charge in [0, 0.05) is 6.92 Å². The zero-order valence-electron chi connectivity index (χ0n) is 15.0. The molecule has 0 aromatic heterocycles. The number of benzene rings is 1. The van der Waals surface area contributed by atoms with E-state index in [0.717, 1.165) is 6.92 Å². The van der Waals surface area contributed by atoms with Crippen molar-refractivity contribution in [2.45, 2.75) is 36.2 Å². The van der Waals surface area contributed by atoms with Crippen LogP contribution in [0.3, 0.4) is 0 Å². The Morgan fingerprint density at radius 1 is 1.00 bits per heavy atom. The molecule has 3 aliphatic heterocycles. The highest BCUT2D eigenvalue weighted by Gasteiger charge is 2.72. The zero-order chi connectivity index (χ0) is 23.0. The van der Waals surface area contributed by atoms with Crippen LogP contribution < -0.4 is 4.74 Å². The topological polar surface area (TPSA) is 145 Å².